The second-order valence-corrected chi connectivity index (χ2v) is 4.66. The van der Waals surface area contributed by atoms with Crippen molar-refractivity contribution in [3.05, 3.63) is 29.6 Å². The van der Waals surface area contributed by atoms with E-state index in [9.17, 15) is 9.18 Å². The van der Waals surface area contributed by atoms with Crippen LogP contribution in [0.25, 0.3) is 0 Å². The van der Waals surface area contributed by atoms with Crippen molar-refractivity contribution in [2.45, 2.75) is 33.6 Å². The molecule has 0 heterocycles. The molecule has 1 aromatic rings. The fourth-order valence-corrected chi connectivity index (χ4v) is 2.17. The van der Waals surface area contributed by atoms with Gasteiger partial charge in [-0.2, -0.15) is 0 Å². The second-order valence-electron chi connectivity index (χ2n) is 4.66. The highest BCUT2D eigenvalue weighted by atomic mass is 19.1. The predicted octanol–water partition coefficient (Wildman–Crippen LogP) is 2.63. The zero-order chi connectivity index (χ0) is 15.3. The van der Waals surface area contributed by atoms with E-state index >= 15 is 0 Å². The van der Waals surface area contributed by atoms with Crippen LogP contribution in [0.15, 0.2) is 23.4 Å². The summed E-state index contributed by atoms with van der Waals surface area (Å²) in [5.41, 5.74) is 5.23. The largest absolute Gasteiger partial charge is 0.409 e. The summed E-state index contributed by atoms with van der Waals surface area (Å²) in [6, 6.07) is 4.53. The number of amidine groups is 1. The summed E-state index contributed by atoms with van der Waals surface area (Å²) in [6.45, 7) is 5.21. The Bertz CT molecular complexity index is 505. The van der Waals surface area contributed by atoms with E-state index < -0.39 is 17.1 Å². The molecule has 0 aliphatic carbocycles. The van der Waals surface area contributed by atoms with Crippen molar-refractivity contribution < 1.29 is 14.4 Å². The van der Waals surface area contributed by atoms with Gasteiger partial charge in [-0.15, -0.1) is 0 Å². The van der Waals surface area contributed by atoms with E-state index in [0.717, 1.165) is 0 Å². The van der Waals surface area contributed by atoms with Crippen molar-refractivity contribution in [2.75, 3.05) is 5.32 Å². The van der Waals surface area contributed by atoms with E-state index in [-0.39, 0.29) is 11.5 Å². The second kappa shape index (κ2) is 6.36. The third-order valence-electron chi connectivity index (χ3n) is 3.70. The molecule has 20 heavy (non-hydrogen) atoms. The summed E-state index contributed by atoms with van der Waals surface area (Å²) >= 11 is 0. The minimum Gasteiger partial charge on any atom is -0.409 e. The van der Waals surface area contributed by atoms with Crippen LogP contribution in [-0.2, 0) is 4.79 Å². The normalized spacial score (nSPS) is 12.3. The first kappa shape index (κ1) is 15.9. The highest BCUT2D eigenvalue weighted by Gasteiger charge is 2.40. The summed E-state index contributed by atoms with van der Waals surface area (Å²) < 4.78 is 13.8. The minimum absolute atomic E-state index is 0.120. The Morgan fingerprint density at radius 1 is 1.45 bits per heavy atom. The van der Waals surface area contributed by atoms with Crippen LogP contribution in [0.2, 0.25) is 0 Å². The molecule has 0 atom stereocenters. The average Bonchev–Trinajstić information content (AvgIpc) is 2.44. The predicted molar refractivity (Wildman–Crippen MR) is 76.2 cm³/mol. The molecule has 4 N–H and O–H groups in total. The third-order valence-corrected chi connectivity index (χ3v) is 3.70. The van der Waals surface area contributed by atoms with Gasteiger partial charge in [0.1, 0.15) is 11.2 Å². The Morgan fingerprint density at radius 3 is 2.50 bits per heavy atom. The number of aryl methyl sites for hydroxylation is 1. The Labute approximate surface area is 117 Å². The van der Waals surface area contributed by atoms with Gasteiger partial charge in [0.15, 0.2) is 5.84 Å². The van der Waals surface area contributed by atoms with E-state index in [0.29, 0.717) is 18.4 Å². The van der Waals surface area contributed by atoms with Gasteiger partial charge in [0, 0.05) is 0 Å². The third kappa shape index (κ3) is 2.74. The van der Waals surface area contributed by atoms with Gasteiger partial charge in [0.25, 0.3) is 0 Å². The maximum Gasteiger partial charge on any atom is 0.238 e. The molecule has 0 aliphatic heterocycles. The van der Waals surface area contributed by atoms with Crippen LogP contribution in [0, 0.1) is 18.2 Å². The van der Waals surface area contributed by atoms with Crippen LogP contribution in [0.5, 0.6) is 0 Å². The number of oxime groups is 1. The van der Waals surface area contributed by atoms with Gasteiger partial charge in [-0.3, -0.25) is 4.79 Å². The lowest BCUT2D eigenvalue weighted by atomic mass is 9.80. The van der Waals surface area contributed by atoms with E-state index in [4.69, 9.17) is 10.9 Å². The fourth-order valence-electron chi connectivity index (χ4n) is 2.17. The van der Waals surface area contributed by atoms with Gasteiger partial charge in [0.2, 0.25) is 5.91 Å². The number of anilines is 1. The Balaban J connectivity index is 3.16. The molecule has 0 aromatic heterocycles. The Kier molecular flexibility index (Phi) is 5.07. The number of carbonyl (C=O) groups excluding carboxylic acids is 1. The molecule has 1 aromatic carbocycles. The number of amides is 1. The average molecular weight is 281 g/mol. The summed E-state index contributed by atoms with van der Waals surface area (Å²) in [4.78, 5) is 12.5. The number of para-hydroxylation sites is 1. The van der Waals surface area contributed by atoms with Crippen LogP contribution < -0.4 is 11.1 Å². The number of nitrogens with one attached hydrogen (secondary N) is 1. The van der Waals surface area contributed by atoms with Crippen LogP contribution in [0.4, 0.5) is 10.1 Å². The first-order valence-corrected chi connectivity index (χ1v) is 6.47. The lowest BCUT2D eigenvalue weighted by molar-refractivity contribution is -0.122. The van der Waals surface area contributed by atoms with Gasteiger partial charge < -0.3 is 16.3 Å². The van der Waals surface area contributed by atoms with Crippen LogP contribution in [0.3, 0.4) is 0 Å². The maximum absolute atomic E-state index is 13.8. The standard InChI is InChI=1S/C14H20FN3O2/c1-4-14(5-2,12(16)18-20)13(19)17-11-9(3)7-6-8-10(11)15/h6-8,20H,4-5H2,1-3H3,(H2,16,18)(H,17,19). The molecule has 0 aliphatic rings. The molecular weight excluding hydrogens is 261 g/mol. The van der Waals surface area contributed by atoms with Crippen LogP contribution in [-0.4, -0.2) is 17.0 Å². The molecule has 0 fully saturated rings. The van der Waals surface area contributed by atoms with E-state index in [2.05, 4.69) is 10.5 Å². The van der Waals surface area contributed by atoms with Crippen molar-refractivity contribution in [1.82, 2.24) is 0 Å². The quantitative estimate of drug-likeness (QED) is 0.335. The van der Waals surface area contributed by atoms with E-state index in [1.165, 1.54) is 6.07 Å². The van der Waals surface area contributed by atoms with Gasteiger partial charge in [0.05, 0.1) is 5.69 Å². The van der Waals surface area contributed by atoms with Crippen LogP contribution >= 0.6 is 0 Å². The molecule has 5 nitrogen and oxygen atoms in total. The summed E-state index contributed by atoms with van der Waals surface area (Å²) in [5.74, 6) is -1.17. The van der Waals surface area contributed by atoms with Crippen molar-refractivity contribution in [1.29, 1.82) is 0 Å². The highest BCUT2D eigenvalue weighted by molar-refractivity contribution is 6.12. The SMILES string of the molecule is CCC(CC)(C(=O)Nc1c(C)cccc1F)/C(N)=N/O. The summed E-state index contributed by atoms with van der Waals surface area (Å²) in [5, 5.41) is 14.4. The number of hydrogen-bond acceptors (Lipinski definition) is 3. The number of carbonyl (C=O) groups is 1. The Morgan fingerprint density at radius 2 is 2.05 bits per heavy atom. The Hall–Kier alpha value is -2.11. The van der Waals surface area contributed by atoms with Crippen molar-refractivity contribution in [2.24, 2.45) is 16.3 Å². The molecule has 6 heteroatoms. The molecule has 0 saturated carbocycles. The summed E-state index contributed by atoms with van der Waals surface area (Å²) in [6.07, 6.45) is 0.692. The first-order chi connectivity index (χ1) is 9.42. The number of halogens is 1. The minimum atomic E-state index is -1.15. The number of nitrogens with zero attached hydrogens (tertiary/aromatic N) is 1. The van der Waals surface area contributed by atoms with Gasteiger partial charge in [-0.05, 0) is 31.4 Å². The number of benzene rings is 1. The number of hydrogen-bond donors (Lipinski definition) is 3. The number of rotatable bonds is 5. The smallest absolute Gasteiger partial charge is 0.238 e. The topological polar surface area (TPSA) is 87.7 Å². The van der Waals surface area contributed by atoms with Gasteiger partial charge in [-0.1, -0.05) is 31.1 Å². The van der Waals surface area contributed by atoms with E-state index in [1.54, 1.807) is 32.9 Å². The lowest BCUT2D eigenvalue weighted by Crippen LogP contribution is -2.46. The fraction of sp³-hybridized carbons (Fsp3) is 0.429. The maximum atomic E-state index is 13.8. The van der Waals surface area contributed by atoms with Gasteiger partial charge >= 0.3 is 0 Å². The van der Waals surface area contributed by atoms with Gasteiger partial charge in [-0.25, -0.2) is 4.39 Å². The molecule has 0 radical (unpaired) electrons. The zero-order valence-corrected chi connectivity index (χ0v) is 11.9. The molecule has 0 spiro atoms. The van der Waals surface area contributed by atoms with Crippen molar-refractivity contribution >= 4 is 17.4 Å². The molecule has 1 amide bonds. The first-order valence-electron chi connectivity index (χ1n) is 6.47. The van der Waals surface area contributed by atoms with Crippen molar-refractivity contribution in [3.63, 3.8) is 0 Å². The summed E-state index contributed by atoms with van der Waals surface area (Å²) in [7, 11) is 0. The molecule has 110 valence electrons. The highest BCUT2D eigenvalue weighted by Crippen LogP contribution is 2.30. The molecular formula is C14H20FN3O2. The molecule has 0 saturated heterocycles. The lowest BCUT2D eigenvalue weighted by Gasteiger charge is -2.29. The molecule has 0 unspecified atom stereocenters. The number of nitrogens with two attached hydrogens (primary N) is 1. The monoisotopic (exact) mass is 281 g/mol. The van der Waals surface area contributed by atoms with Crippen molar-refractivity contribution in [3.8, 4) is 0 Å². The zero-order valence-electron chi connectivity index (χ0n) is 11.9. The molecule has 0 bridgehead atoms. The van der Waals surface area contributed by atoms with Crippen LogP contribution in [0.1, 0.15) is 32.3 Å². The molecule has 1 rings (SSSR count). The van der Waals surface area contributed by atoms with E-state index in [1.807, 2.05) is 0 Å².